The fourth-order valence-corrected chi connectivity index (χ4v) is 3.33. The normalized spacial score (nSPS) is 20.2. The van der Waals surface area contributed by atoms with Crippen LogP contribution < -0.4 is 0 Å². The number of carbonyl (C=O) groups excluding carboxylic acids is 1. The van der Waals surface area contributed by atoms with Gasteiger partial charge in [-0.3, -0.25) is 4.79 Å². The molecule has 1 amide bonds. The summed E-state index contributed by atoms with van der Waals surface area (Å²) in [5.41, 5.74) is 0. The van der Waals surface area contributed by atoms with Crippen LogP contribution in [0, 0.1) is 0 Å². The molecule has 0 aromatic carbocycles. The van der Waals surface area contributed by atoms with Gasteiger partial charge in [0, 0.05) is 19.1 Å². The fourth-order valence-electron chi connectivity index (χ4n) is 1.66. The zero-order chi connectivity index (χ0) is 9.90. The number of hydrogen-bond donors (Lipinski definition) is 0. The number of carbonyl (C=O) groups is 1. The van der Waals surface area contributed by atoms with Crippen LogP contribution in [0.2, 0.25) is 13.1 Å². The first-order valence-corrected chi connectivity index (χ1v) is 9.18. The minimum Gasteiger partial charge on any atom is -0.344 e. The van der Waals surface area contributed by atoms with Gasteiger partial charge in [0.05, 0.1) is 0 Å². The van der Waals surface area contributed by atoms with Gasteiger partial charge in [-0.25, -0.2) is 0 Å². The second-order valence-corrected chi connectivity index (χ2v) is 11.2. The van der Waals surface area contributed by atoms with Crippen LogP contribution in [0.25, 0.3) is 0 Å². The maximum Gasteiger partial charge on any atom is 0.222 e. The largest absolute Gasteiger partial charge is 0.344 e. The van der Waals surface area contributed by atoms with Gasteiger partial charge in [0.1, 0.15) is 0 Å². The first-order chi connectivity index (χ1) is 5.99. The summed E-state index contributed by atoms with van der Waals surface area (Å²) in [4.78, 5) is 13.5. The topological polar surface area (TPSA) is 20.3 Å². The Bertz CT molecular complexity index is 191. The van der Waals surface area contributed by atoms with Gasteiger partial charge in [-0.15, -0.1) is 0 Å². The van der Waals surface area contributed by atoms with Crippen molar-refractivity contribution in [1.82, 2.24) is 4.90 Å². The fraction of sp³-hybridized carbons (Fsp3) is 0.889. The van der Waals surface area contributed by atoms with Crippen molar-refractivity contribution in [2.75, 3.05) is 12.7 Å². The standard InChI is InChI=1S/C9H18ClNOSi/c1-13(2,10)8-11-7-5-3-4-6-9(11)12/h3-8H2,1-2H3. The second-order valence-electron chi connectivity index (χ2n) is 4.34. The number of amides is 1. The molecule has 0 radical (unpaired) electrons. The molecular formula is C9H18ClNOSi. The van der Waals surface area contributed by atoms with Gasteiger partial charge in [-0.1, -0.05) is 19.5 Å². The molecule has 0 unspecified atom stereocenters. The third kappa shape index (κ3) is 4.14. The van der Waals surface area contributed by atoms with Crippen molar-refractivity contribution in [3.8, 4) is 0 Å². The Labute approximate surface area is 86.0 Å². The molecule has 1 saturated heterocycles. The quantitative estimate of drug-likeness (QED) is 0.516. The van der Waals surface area contributed by atoms with Gasteiger partial charge in [0.15, 0.2) is 7.38 Å². The Morgan fingerprint density at radius 1 is 1.38 bits per heavy atom. The molecule has 1 heterocycles. The lowest BCUT2D eigenvalue weighted by Gasteiger charge is -2.25. The highest BCUT2D eigenvalue weighted by Crippen LogP contribution is 2.16. The van der Waals surface area contributed by atoms with Crippen LogP contribution in [0.1, 0.15) is 25.7 Å². The lowest BCUT2D eigenvalue weighted by atomic mass is 10.2. The predicted octanol–water partition coefficient (Wildman–Crippen LogP) is 2.37. The lowest BCUT2D eigenvalue weighted by Crippen LogP contribution is -2.42. The number of halogens is 1. The van der Waals surface area contributed by atoms with E-state index in [9.17, 15) is 4.79 Å². The van der Waals surface area contributed by atoms with Crippen LogP contribution in [0.4, 0.5) is 0 Å². The second kappa shape index (κ2) is 4.47. The summed E-state index contributed by atoms with van der Waals surface area (Å²) in [6.45, 7) is 5.10. The molecule has 0 atom stereocenters. The summed E-state index contributed by atoms with van der Waals surface area (Å²) < 4.78 is 0. The van der Waals surface area contributed by atoms with Crippen LogP contribution in [0.15, 0.2) is 0 Å². The Kier molecular flexibility index (Phi) is 3.80. The molecule has 1 aliphatic rings. The van der Waals surface area contributed by atoms with Crippen molar-refractivity contribution in [3.05, 3.63) is 0 Å². The van der Waals surface area contributed by atoms with Gasteiger partial charge in [-0.05, 0) is 12.8 Å². The maximum absolute atomic E-state index is 11.6. The number of nitrogens with zero attached hydrogens (tertiary/aromatic N) is 1. The van der Waals surface area contributed by atoms with E-state index in [1.807, 2.05) is 4.90 Å². The van der Waals surface area contributed by atoms with Crippen LogP contribution in [0.3, 0.4) is 0 Å². The van der Waals surface area contributed by atoms with Crippen LogP contribution >= 0.6 is 11.1 Å². The van der Waals surface area contributed by atoms with E-state index in [0.717, 1.165) is 32.0 Å². The van der Waals surface area contributed by atoms with Crippen molar-refractivity contribution < 1.29 is 4.79 Å². The summed E-state index contributed by atoms with van der Waals surface area (Å²) in [7, 11) is -1.63. The van der Waals surface area contributed by atoms with Crippen LogP contribution in [-0.4, -0.2) is 30.9 Å². The molecule has 0 aromatic rings. The molecule has 0 N–H and O–H groups in total. The monoisotopic (exact) mass is 219 g/mol. The lowest BCUT2D eigenvalue weighted by molar-refractivity contribution is -0.129. The van der Waals surface area contributed by atoms with Gasteiger partial charge in [0.2, 0.25) is 5.91 Å². The zero-order valence-electron chi connectivity index (χ0n) is 8.48. The highest BCUT2D eigenvalue weighted by molar-refractivity contribution is 7.19. The summed E-state index contributed by atoms with van der Waals surface area (Å²) in [6, 6.07) is 0. The average Bonchev–Trinajstić information content (AvgIpc) is 2.14. The van der Waals surface area contributed by atoms with E-state index in [4.69, 9.17) is 11.1 Å². The van der Waals surface area contributed by atoms with E-state index in [0.29, 0.717) is 5.91 Å². The van der Waals surface area contributed by atoms with Crippen molar-refractivity contribution in [1.29, 1.82) is 0 Å². The van der Waals surface area contributed by atoms with Crippen molar-refractivity contribution in [2.24, 2.45) is 0 Å². The van der Waals surface area contributed by atoms with Crippen molar-refractivity contribution in [3.63, 3.8) is 0 Å². The first kappa shape index (κ1) is 11.1. The maximum atomic E-state index is 11.6. The number of rotatable bonds is 2. The van der Waals surface area contributed by atoms with Crippen LogP contribution in [0.5, 0.6) is 0 Å². The summed E-state index contributed by atoms with van der Waals surface area (Å²) in [6.07, 6.45) is 4.92. The highest BCUT2D eigenvalue weighted by atomic mass is 35.6. The molecule has 1 rings (SSSR count). The smallest absolute Gasteiger partial charge is 0.222 e. The Morgan fingerprint density at radius 3 is 2.69 bits per heavy atom. The summed E-state index contributed by atoms with van der Waals surface area (Å²) in [5.74, 6) is 0.304. The Balaban J connectivity index is 2.50. The first-order valence-electron chi connectivity index (χ1n) is 4.96. The van der Waals surface area contributed by atoms with E-state index in [1.54, 1.807) is 0 Å². The van der Waals surface area contributed by atoms with E-state index < -0.39 is 7.38 Å². The van der Waals surface area contributed by atoms with Crippen molar-refractivity contribution in [2.45, 2.75) is 38.8 Å². The minimum atomic E-state index is -1.63. The molecule has 0 aromatic heterocycles. The van der Waals surface area contributed by atoms with Gasteiger partial charge in [0.25, 0.3) is 0 Å². The van der Waals surface area contributed by atoms with Gasteiger partial charge < -0.3 is 4.90 Å². The predicted molar refractivity (Wildman–Crippen MR) is 58.4 cm³/mol. The molecule has 0 saturated carbocycles. The summed E-state index contributed by atoms with van der Waals surface area (Å²) >= 11 is 6.23. The molecule has 2 nitrogen and oxygen atoms in total. The van der Waals surface area contributed by atoms with Crippen molar-refractivity contribution >= 4 is 24.4 Å². The van der Waals surface area contributed by atoms with Crippen LogP contribution in [-0.2, 0) is 4.79 Å². The number of likely N-dealkylation sites (tertiary alicyclic amines) is 1. The molecule has 4 heteroatoms. The Morgan fingerprint density at radius 2 is 2.08 bits per heavy atom. The van der Waals surface area contributed by atoms with Gasteiger partial charge >= 0.3 is 0 Å². The molecule has 1 fully saturated rings. The third-order valence-corrected chi connectivity index (χ3v) is 3.73. The number of hydrogen-bond acceptors (Lipinski definition) is 1. The average molecular weight is 220 g/mol. The minimum absolute atomic E-state index is 0.304. The molecule has 13 heavy (non-hydrogen) atoms. The SMILES string of the molecule is C[Si](C)(Cl)CN1CCCCCC1=O. The molecule has 0 bridgehead atoms. The molecule has 0 aliphatic carbocycles. The third-order valence-electron chi connectivity index (χ3n) is 2.24. The summed E-state index contributed by atoms with van der Waals surface area (Å²) in [5, 5.41) is 0. The molecular weight excluding hydrogens is 202 g/mol. The zero-order valence-corrected chi connectivity index (χ0v) is 10.2. The molecule has 1 aliphatic heterocycles. The van der Waals surface area contributed by atoms with Gasteiger partial charge in [-0.2, -0.15) is 11.1 Å². The highest BCUT2D eigenvalue weighted by Gasteiger charge is 2.25. The molecule has 76 valence electrons. The van der Waals surface area contributed by atoms with E-state index in [-0.39, 0.29) is 0 Å². The van der Waals surface area contributed by atoms with E-state index in [2.05, 4.69) is 13.1 Å². The van der Waals surface area contributed by atoms with E-state index in [1.165, 1.54) is 6.42 Å². The molecule has 0 spiro atoms. The Hall–Kier alpha value is -0.0231. The van der Waals surface area contributed by atoms with E-state index >= 15 is 0 Å².